The van der Waals surface area contributed by atoms with Gasteiger partial charge in [-0.2, -0.15) is 0 Å². The molecule has 5 heterocycles. The number of nitrogens with zero attached hydrogens (tertiary/aromatic N) is 2. The third kappa shape index (κ3) is 3.67. The lowest BCUT2D eigenvalue weighted by Gasteiger charge is -2.39. The minimum atomic E-state index is 0.0361. The van der Waals surface area contributed by atoms with E-state index in [-0.39, 0.29) is 17.7 Å². The largest absolute Gasteiger partial charge is 0.375 e. The average Bonchev–Trinajstić information content (AvgIpc) is 3.75. The fourth-order valence-corrected chi connectivity index (χ4v) is 10.5. The molecule has 0 aliphatic carbocycles. The Hall–Kier alpha value is -4.32. The van der Waals surface area contributed by atoms with E-state index >= 15 is 0 Å². The molecule has 228 valence electrons. The van der Waals surface area contributed by atoms with Gasteiger partial charge in [0.15, 0.2) is 0 Å². The van der Waals surface area contributed by atoms with Crippen molar-refractivity contribution in [3.8, 4) is 10.4 Å². The van der Waals surface area contributed by atoms with Crippen LogP contribution in [0.5, 0.6) is 0 Å². The third-order valence-electron chi connectivity index (χ3n) is 10.6. The molecule has 0 N–H and O–H groups in total. The first-order valence-electron chi connectivity index (χ1n) is 16.6. The maximum absolute atomic E-state index is 2.70. The van der Waals surface area contributed by atoms with Crippen LogP contribution in [-0.4, -0.2) is 11.3 Å². The summed E-state index contributed by atoms with van der Waals surface area (Å²) in [5, 5.41) is 7.94. The highest BCUT2D eigenvalue weighted by atomic mass is 32.1. The maximum Gasteiger partial charge on any atom is 0.333 e. The normalized spacial score (nSPS) is 14.1. The molecule has 2 nitrogen and oxygen atoms in total. The minimum Gasteiger partial charge on any atom is -0.375 e. The highest BCUT2D eigenvalue weighted by Crippen LogP contribution is 2.51. The lowest BCUT2D eigenvalue weighted by Crippen LogP contribution is -2.56. The number of para-hydroxylation sites is 1. The highest BCUT2D eigenvalue weighted by molar-refractivity contribution is 7.26. The van der Waals surface area contributed by atoms with Crippen LogP contribution in [0.15, 0.2) is 102 Å². The smallest absolute Gasteiger partial charge is 0.333 e. The summed E-state index contributed by atoms with van der Waals surface area (Å²) < 4.78 is 5.43. The highest BCUT2D eigenvalue weighted by Gasteiger charge is 2.44. The molecule has 0 saturated carbocycles. The molecular weight excluding hydrogens is 607 g/mol. The Morgan fingerprint density at radius 3 is 2.11 bits per heavy atom. The van der Waals surface area contributed by atoms with Crippen molar-refractivity contribution in [1.29, 1.82) is 0 Å². The van der Waals surface area contributed by atoms with Gasteiger partial charge in [0, 0.05) is 69.2 Å². The Balaban J connectivity index is 1.35. The molecule has 10 rings (SSSR count). The predicted molar refractivity (Wildman–Crippen MR) is 208 cm³/mol. The van der Waals surface area contributed by atoms with Crippen molar-refractivity contribution in [2.45, 2.75) is 52.4 Å². The van der Waals surface area contributed by atoms with Gasteiger partial charge >= 0.3 is 6.85 Å². The van der Waals surface area contributed by atoms with Crippen LogP contribution < -0.4 is 15.8 Å². The number of benzene rings is 5. The van der Waals surface area contributed by atoms with Crippen LogP contribution >= 0.6 is 22.7 Å². The SMILES string of the molecule is CC(C)(C)c1ccc(N2c3ccc(C(C)(C)C)cc3B3c4c2csc4-c2cc4sc5ccccc5c4c4c5ccccc5n3c24)cc1. The molecule has 8 aromatic rings. The van der Waals surface area contributed by atoms with Gasteiger partial charge in [-0.25, -0.2) is 0 Å². The molecule has 0 fully saturated rings. The summed E-state index contributed by atoms with van der Waals surface area (Å²) >= 11 is 3.85. The zero-order valence-corrected chi connectivity index (χ0v) is 29.2. The Bertz CT molecular complexity index is 2600. The van der Waals surface area contributed by atoms with E-state index in [1.54, 1.807) is 0 Å². The van der Waals surface area contributed by atoms with Crippen molar-refractivity contribution >= 4 is 99.5 Å². The molecule has 0 bridgehead atoms. The minimum absolute atomic E-state index is 0.0361. The van der Waals surface area contributed by atoms with Crippen molar-refractivity contribution in [3.05, 3.63) is 114 Å². The molecule has 0 saturated heterocycles. The third-order valence-corrected chi connectivity index (χ3v) is 12.7. The number of rotatable bonds is 1. The first-order valence-corrected chi connectivity index (χ1v) is 18.3. The van der Waals surface area contributed by atoms with Crippen LogP contribution in [0.4, 0.5) is 17.1 Å². The Labute approximate surface area is 284 Å². The van der Waals surface area contributed by atoms with Crippen LogP contribution in [0.1, 0.15) is 52.7 Å². The van der Waals surface area contributed by atoms with Gasteiger partial charge in [-0.05, 0) is 69.3 Å². The molecule has 0 amide bonds. The standard InChI is InChI=1S/C42H35BN2S2/c1-41(2,3)24-15-18-26(19-16-24)44-32-20-17-25(42(4,5)6)21-30(32)43-38-33(44)23-46-40(38)29-22-35-36(28-12-8-10-14-34(28)47-35)37-27-11-7-9-13-31(27)45(43)39(29)37/h7-23H,1-6H3. The van der Waals surface area contributed by atoms with Crippen LogP contribution in [-0.2, 0) is 10.8 Å². The second kappa shape index (κ2) is 9.18. The van der Waals surface area contributed by atoms with Gasteiger partial charge in [0.1, 0.15) is 0 Å². The van der Waals surface area contributed by atoms with E-state index in [4.69, 9.17) is 0 Å². The summed E-state index contributed by atoms with van der Waals surface area (Å²) in [5.74, 6) is 0. The second-order valence-corrected chi connectivity index (χ2v) is 17.4. The summed E-state index contributed by atoms with van der Waals surface area (Å²) in [4.78, 5) is 3.94. The number of aromatic nitrogens is 1. The molecule has 3 aromatic heterocycles. The van der Waals surface area contributed by atoms with Gasteiger partial charge in [0.25, 0.3) is 0 Å². The van der Waals surface area contributed by atoms with Crippen molar-refractivity contribution in [3.63, 3.8) is 0 Å². The first-order chi connectivity index (χ1) is 22.6. The van der Waals surface area contributed by atoms with Gasteiger partial charge in [0.05, 0.1) is 5.69 Å². The fourth-order valence-electron chi connectivity index (χ4n) is 8.24. The summed E-state index contributed by atoms with van der Waals surface area (Å²) in [5.41, 5.74) is 13.6. The predicted octanol–water partition coefficient (Wildman–Crippen LogP) is 11.2. The number of thiophene rings is 2. The summed E-state index contributed by atoms with van der Waals surface area (Å²) in [6, 6.07) is 37.2. The van der Waals surface area contributed by atoms with E-state index in [1.807, 2.05) is 22.7 Å². The summed E-state index contributed by atoms with van der Waals surface area (Å²) in [7, 11) is 0. The molecule has 2 aliphatic heterocycles. The fraction of sp³-hybridized carbons (Fsp3) is 0.190. The first kappa shape index (κ1) is 27.8. The Kier molecular flexibility index (Phi) is 5.42. The van der Waals surface area contributed by atoms with E-state index < -0.39 is 0 Å². The topological polar surface area (TPSA) is 8.17 Å². The van der Waals surface area contributed by atoms with E-state index in [0.717, 1.165) is 0 Å². The molecule has 0 spiro atoms. The summed E-state index contributed by atoms with van der Waals surface area (Å²) in [6.07, 6.45) is 0. The molecule has 2 aliphatic rings. The van der Waals surface area contributed by atoms with Crippen molar-refractivity contribution in [2.75, 3.05) is 4.90 Å². The van der Waals surface area contributed by atoms with Crippen molar-refractivity contribution in [1.82, 2.24) is 4.48 Å². The van der Waals surface area contributed by atoms with Crippen LogP contribution in [0.3, 0.4) is 0 Å². The molecule has 0 radical (unpaired) electrons. The number of fused-ring (bicyclic) bond motifs is 11. The maximum atomic E-state index is 2.70. The Morgan fingerprint density at radius 2 is 1.34 bits per heavy atom. The molecular formula is C42H35BN2S2. The van der Waals surface area contributed by atoms with Crippen molar-refractivity contribution < 1.29 is 0 Å². The van der Waals surface area contributed by atoms with Crippen LogP contribution in [0, 0.1) is 0 Å². The lowest BCUT2D eigenvalue weighted by atomic mass is 9.46. The summed E-state index contributed by atoms with van der Waals surface area (Å²) in [6.45, 7) is 14.0. The number of hydrogen-bond acceptors (Lipinski definition) is 3. The quantitative estimate of drug-likeness (QED) is 0.162. The lowest BCUT2D eigenvalue weighted by molar-refractivity contribution is 0.590. The molecule has 5 aromatic carbocycles. The molecule has 0 atom stereocenters. The Morgan fingerprint density at radius 1 is 0.638 bits per heavy atom. The van der Waals surface area contributed by atoms with Crippen LogP contribution in [0.2, 0.25) is 0 Å². The van der Waals surface area contributed by atoms with Crippen molar-refractivity contribution in [2.24, 2.45) is 0 Å². The number of anilines is 3. The average molecular weight is 643 g/mol. The van der Waals surface area contributed by atoms with Gasteiger partial charge in [-0.1, -0.05) is 102 Å². The van der Waals surface area contributed by atoms with Gasteiger partial charge in [-0.3, -0.25) is 0 Å². The molecule has 5 heteroatoms. The van der Waals surface area contributed by atoms with Crippen LogP contribution in [0.25, 0.3) is 52.4 Å². The van der Waals surface area contributed by atoms with E-state index in [9.17, 15) is 0 Å². The van der Waals surface area contributed by atoms with Gasteiger partial charge in [-0.15, -0.1) is 22.7 Å². The monoisotopic (exact) mass is 642 g/mol. The van der Waals surface area contributed by atoms with E-state index in [2.05, 4.69) is 153 Å². The van der Waals surface area contributed by atoms with E-state index in [1.165, 1.54) is 91.5 Å². The molecule has 0 unspecified atom stereocenters. The zero-order valence-electron chi connectivity index (χ0n) is 27.6. The van der Waals surface area contributed by atoms with Gasteiger partial charge < -0.3 is 9.38 Å². The number of hydrogen-bond donors (Lipinski definition) is 0. The zero-order chi connectivity index (χ0) is 32.0. The second-order valence-electron chi connectivity index (χ2n) is 15.4. The van der Waals surface area contributed by atoms with E-state index in [0.29, 0.717) is 0 Å². The van der Waals surface area contributed by atoms with Gasteiger partial charge in [0.2, 0.25) is 0 Å². The molecule has 47 heavy (non-hydrogen) atoms.